The highest BCUT2D eigenvalue weighted by molar-refractivity contribution is 7.92. The van der Waals surface area contributed by atoms with E-state index in [9.17, 15) is 33.2 Å². The molecule has 0 aromatic heterocycles. The SMILES string of the molecule is CC(C)CC(NC(=O)c1cc(C#N)cc(N(C)S(=O)(=O)Cc2ccccc2)c1)C(O)CC(C)C(=O)N[C@H](C(=O)NCc1ccccc1)C(C)C. The first-order chi connectivity index (χ1) is 23.6. The van der Waals surface area contributed by atoms with Crippen molar-refractivity contribution < 1.29 is 27.9 Å². The zero-order chi connectivity index (χ0) is 37.0. The van der Waals surface area contributed by atoms with E-state index in [4.69, 9.17) is 0 Å². The molecule has 3 rings (SSSR count). The van der Waals surface area contributed by atoms with Gasteiger partial charge in [-0.05, 0) is 54.0 Å². The quantitative estimate of drug-likeness (QED) is 0.160. The number of nitrogens with zero attached hydrogens (tertiary/aromatic N) is 2. The average Bonchev–Trinajstić information content (AvgIpc) is 3.08. The van der Waals surface area contributed by atoms with E-state index in [-0.39, 0.29) is 46.7 Å². The molecule has 4 atom stereocenters. The number of nitrogens with one attached hydrogen (secondary N) is 3. The number of anilines is 1. The lowest BCUT2D eigenvalue weighted by atomic mass is 9.91. The summed E-state index contributed by atoms with van der Waals surface area (Å²) >= 11 is 0. The Morgan fingerprint density at radius 3 is 2.00 bits per heavy atom. The van der Waals surface area contributed by atoms with Gasteiger partial charge in [-0.15, -0.1) is 0 Å². The minimum absolute atomic E-state index is 0.00387. The summed E-state index contributed by atoms with van der Waals surface area (Å²) in [5.41, 5.74) is 1.80. The van der Waals surface area contributed by atoms with E-state index in [1.54, 1.807) is 37.3 Å². The zero-order valence-electron chi connectivity index (χ0n) is 29.6. The third kappa shape index (κ3) is 11.7. The number of rotatable bonds is 17. The molecule has 11 nitrogen and oxygen atoms in total. The molecule has 0 aliphatic heterocycles. The molecular formula is C38H49N5O6S. The van der Waals surface area contributed by atoms with Gasteiger partial charge in [0.15, 0.2) is 0 Å². The Morgan fingerprint density at radius 1 is 0.840 bits per heavy atom. The lowest BCUT2D eigenvalue weighted by Gasteiger charge is -2.29. The number of aliphatic hydroxyl groups excluding tert-OH is 1. The van der Waals surface area contributed by atoms with E-state index in [2.05, 4.69) is 16.0 Å². The number of sulfonamides is 1. The molecular weight excluding hydrogens is 655 g/mol. The van der Waals surface area contributed by atoms with Crippen molar-refractivity contribution >= 4 is 33.4 Å². The molecule has 0 spiro atoms. The normalized spacial score (nSPS) is 13.8. The molecule has 0 radical (unpaired) electrons. The number of carbonyl (C=O) groups excluding carboxylic acids is 3. The Hall–Kier alpha value is -4.73. The third-order valence-electron chi connectivity index (χ3n) is 8.39. The number of amides is 3. The van der Waals surface area contributed by atoms with Gasteiger partial charge in [0.2, 0.25) is 21.8 Å². The maximum absolute atomic E-state index is 13.6. The Kier molecular flexibility index (Phi) is 14.5. The maximum atomic E-state index is 13.6. The van der Waals surface area contributed by atoms with Gasteiger partial charge >= 0.3 is 0 Å². The fourth-order valence-corrected chi connectivity index (χ4v) is 6.70. The summed E-state index contributed by atoms with van der Waals surface area (Å²) in [7, 11) is -2.49. The Bertz CT molecular complexity index is 1740. The van der Waals surface area contributed by atoms with Gasteiger partial charge in [-0.3, -0.25) is 18.7 Å². The lowest BCUT2D eigenvalue weighted by molar-refractivity contribution is -0.132. The smallest absolute Gasteiger partial charge is 0.251 e. The van der Waals surface area contributed by atoms with Crippen LogP contribution < -0.4 is 20.3 Å². The largest absolute Gasteiger partial charge is 0.391 e. The third-order valence-corrected chi connectivity index (χ3v) is 10.1. The molecule has 4 N–H and O–H groups in total. The number of hydrogen-bond donors (Lipinski definition) is 4. The van der Waals surface area contributed by atoms with Crippen LogP contribution in [0.3, 0.4) is 0 Å². The molecule has 0 bridgehead atoms. The highest BCUT2D eigenvalue weighted by Gasteiger charge is 2.30. The molecule has 0 fully saturated rings. The van der Waals surface area contributed by atoms with Crippen LogP contribution >= 0.6 is 0 Å². The molecule has 3 aromatic rings. The van der Waals surface area contributed by atoms with Crippen LogP contribution in [0, 0.1) is 29.1 Å². The standard InChI is InChI=1S/C38H49N5O6S/c1-25(2)17-33(34(44)18-27(5)36(45)42-35(26(3)4)38(47)40-23-28-13-9-7-10-14-28)41-37(46)31-19-30(22-39)20-32(21-31)43(6)50(48,49)24-29-15-11-8-12-16-29/h7-16,19-21,25-27,33-35,44H,17-18,23-24H2,1-6H3,(H,40,47)(H,41,46)(H,42,45)/t27?,33?,34?,35-/m0/s1. The van der Waals surface area contributed by atoms with Crippen molar-refractivity contribution in [3.8, 4) is 6.07 Å². The zero-order valence-corrected chi connectivity index (χ0v) is 30.4. The van der Waals surface area contributed by atoms with Gasteiger partial charge in [-0.2, -0.15) is 5.26 Å². The summed E-state index contributed by atoms with van der Waals surface area (Å²) in [6.07, 6.45) is -0.739. The number of nitriles is 1. The first-order valence-corrected chi connectivity index (χ1v) is 18.4. The minimum atomic E-state index is -3.85. The van der Waals surface area contributed by atoms with Gasteiger partial charge in [0, 0.05) is 25.1 Å². The van der Waals surface area contributed by atoms with Crippen LogP contribution in [0.15, 0.2) is 78.9 Å². The highest BCUT2D eigenvalue weighted by atomic mass is 32.2. The van der Waals surface area contributed by atoms with Crippen LogP contribution in [0.2, 0.25) is 0 Å². The molecule has 0 aliphatic carbocycles. The molecule has 0 heterocycles. The molecule has 268 valence electrons. The summed E-state index contributed by atoms with van der Waals surface area (Å²) in [5, 5.41) is 29.6. The van der Waals surface area contributed by atoms with Crippen molar-refractivity contribution in [2.45, 2.75) is 77.9 Å². The molecule has 0 saturated carbocycles. The van der Waals surface area contributed by atoms with Crippen LogP contribution in [-0.2, 0) is 31.9 Å². The second-order valence-electron chi connectivity index (χ2n) is 13.4. The van der Waals surface area contributed by atoms with Gasteiger partial charge in [0.05, 0.1) is 35.2 Å². The van der Waals surface area contributed by atoms with Crippen LogP contribution in [0.1, 0.15) is 74.5 Å². The summed E-state index contributed by atoms with van der Waals surface area (Å²) < 4.78 is 27.5. The molecule has 0 saturated heterocycles. The van der Waals surface area contributed by atoms with Crippen molar-refractivity contribution in [3.05, 3.63) is 101 Å². The van der Waals surface area contributed by atoms with E-state index in [1.807, 2.05) is 64.1 Å². The summed E-state index contributed by atoms with van der Waals surface area (Å²) in [5.74, 6) is -2.42. The first kappa shape index (κ1) is 39.7. The van der Waals surface area contributed by atoms with Crippen LogP contribution in [0.4, 0.5) is 5.69 Å². The van der Waals surface area contributed by atoms with Crippen molar-refractivity contribution in [1.29, 1.82) is 5.26 Å². The molecule has 3 unspecified atom stereocenters. The van der Waals surface area contributed by atoms with Crippen molar-refractivity contribution in [2.75, 3.05) is 11.4 Å². The van der Waals surface area contributed by atoms with Gasteiger partial charge in [-0.1, -0.05) is 95.3 Å². The summed E-state index contributed by atoms with van der Waals surface area (Å²) in [4.78, 5) is 39.8. The predicted molar refractivity (Wildman–Crippen MR) is 194 cm³/mol. The number of carbonyl (C=O) groups is 3. The topological polar surface area (TPSA) is 169 Å². The number of aliphatic hydroxyl groups is 1. The number of hydrogen-bond acceptors (Lipinski definition) is 7. The second-order valence-corrected chi connectivity index (χ2v) is 15.4. The van der Waals surface area contributed by atoms with E-state index in [0.717, 1.165) is 9.87 Å². The Morgan fingerprint density at radius 2 is 1.44 bits per heavy atom. The average molecular weight is 704 g/mol. The molecule has 50 heavy (non-hydrogen) atoms. The molecule has 3 aromatic carbocycles. The van der Waals surface area contributed by atoms with Crippen LogP contribution in [-0.4, -0.2) is 56.5 Å². The monoisotopic (exact) mass is 703 g/mol. The van der Waals surface area contributed by atoms with Crippen molar-refractivity contribution in [1.82, 2.24) is 16.0 Å². The fraction of sp³-hybridized carbons (Fsp3) is 0.421. The van der Waals surface area contributed by atoms with E-state index in [0.29, 0.717) is 18.5 Å². The van der Waals surface area contributed by atoms with E-state index in [1.165, 1.54) is 25.2 Å². The summed E-state index contributed by atoms with van der Waals surface area (Å²) in [6.45, 7) is 9.52. The number of benzene rings is 3. The van der Waals surface area contributed by atoms with Crippen molar-refractivity contribution in [2.24, 2.45) is 17.8 Å². The molecule has 12 heteroatoms. The fourth-order valence-electron chi connectivity index (χ4n) is 5.46. The van der Waals surface area contributed by atoms with E-state index >= 15 is 0 Å². The summed E-state index contributed by atoms with van der Waals surface area (Å²) in [6, 6.07) is 22.7. The first-order valence-electron chi connectivity index (χ1n) is 16.8. The van der Waals surface area contributed by atoms with E-state index < -0.39 is 45.9 Å². The van der Waals surface area contributed by atoms with Gasteiger partial charge in [0.25, 0.3) is 5.91 Å². The minimum Gasteiger partial charge on any atom is -0.391 e. The van der Waals surface area contributed by atoms with Crippen molar-refractivity contribution in [3.63, 3.8) is 0 Å². The van der Waals surface area contributed by atoms with Gasteiger partial charge in [-0.25, -0.2) is 8.42 Å². The predicted octanol–water partition coefficient (Wildman–Crippen LogP) is 4.51. The van der Waals surface area contributed by atoms with Crippen LogP contribution in [0.5, 0.6) is 0 Å². The molecule has 3 amide bonds. The Balaban J connectivity index is 1.71. The highest BCUT2D eigenvalue weighted by Crippen LogP contribution is 2.24. The molecule has 0 aliphatic rings. The maximum Gasteiger partial charge on any atom is 0.251 e. The second kappa shape index (κ2) is 18.3. The van der Waals surface area contributed by atoms with Crippen LogP contribution in [0.25, 0.3) is 0 Å². The Labute approximate surface area is 296 Å². The lowest BCUT2D eigenvalue weighted by Crippen LogP contribution is -2.51. The van der Waals surface area contributed by atoms with Gasteiger partial charge in [0.1, 0.15) is 6.04 Å². The van der Waals surface area contributed by atoms with Gasteiger partial charge < -0.3 is 21.1 Å².